The van der Waals surface area contributed by atoms with Crippen molar-refractivity contribution in [2.24, 2.45) is 0 Å². The highest BCUT2D eigenvalue weighted by atomic mass is 32.2. The minimum atomic E-state index is -3.50. The third kappa shape index (κ3) is 3.81. The van der Waals surface area contributed by atoms with Crippen molar-refractivity contribution in [1.29, 1.82) is 0 Å². The lowest BCUT2D eigenvalue weighted by molar-refractivity contribution is 0.0985. The zero-order valence-electron chi connectivity index (χ0n) is 15.2. The van der Waals surface area contributed by atoms with Crippen LogP contribution in [-0.2, 0) is 16.4 Å². The molecule has 0 aromatic heterocycles. The van der Waals surface area contributed by atoms with Crippen LogP contribution in [0.25, 0.3) is 0 Å². The molecule has 0 fully saturated rings. The maximum atomic E-state index is 12.9. The average Bonchev–Trinajstić information content (AvgIpc) is 2.65. The predicted octanol–water partition coefficient (Wildman–Crippen LogP) is 3.28. The molecule has 1 aliphatic rings. The molecule has 0 saturated heterocycles. The molecule has 1 aliphatic heterocycles. The summed E-state index contributed by atoms with van der Waals surface area (Å²) in [4.78, 5) is 14.9. The molecule has 0 atom stereocenters. The van der Waals surface area contributed by atoms with E-state index >= 15 is 0 Å². The van der Waals surface area contributed by atoms with E-state index in [0.29, 0.717) is 18.7 Å². The average molecular weight is 372 g/mol. The number of aryl methyl sites for hydroxylation is 2. The first-order valence-corrected chi connectivity index (χ1v) is 10.4. The minimum Gasteiger partial charge on any atom is -0.308 e. The smallest absolute Gasteiger partial charge is 0.258 e. The third-order valence-corrected chi connectivity index (χ3v) is 6.02. The molecule has 0 saturated carbocycles. The molecule has 0 bridgehead atoms. The number of carbonyl (C=O) groups excluding carboxylic acids is 1. The Bertz CT molecular complexity index is 905. The highest BCUT2D eigenvalue weighted by Crippen LogP contribution is 2.30. The van der Waals surface area contributed by atoms with Crippen LogP contribution in [0.2, 0.25) is 0 Å². The van der Waals surface area contributed by atoms with Gasteiger partial charge in [0.1, 0.15) is 0 Å². The summed E-state index contributed by atoms with van der Waals surface area (Å²) in [6, 6.07) is 12.5. The number of carbonyl (C=O) groups is 1. The lowest BCUT2D eigenvalue weighted by atomic mass is 10.0. The van der Waals surface area contributed by atoms with E-state index in [1.807, 2.05) is 38.1 Å². The maximum Gasteiger partial charge on any atom is 0.258 e. The number of rotatable bonds is 5. The van der Waals surface area contributed by atoms with Crippen molar-refractivity contribution in [2.45, 2.75) is 38.0 Å². The first-order valence-electron chi connectivity index (χ1n) is 8.93. The van der Waals surface area contributed by atoms with Crippen LogP contribution in [0.1, 0.15) is 41.3 Å². The Hall–Kier alpha value is -2.18. The predicted molar refractivity (Wildman–Crippen MR) is 103 cm³/mol. The number of nitrogens with one attached hydrogen (secondary N) is 1. The fourth-order valence-corrected chi connectivity index (χ4v) is 4.31. The summed E-state index contributed by atoms with van der Waals surface area (Å²) in [5.74, 6) is -0.0503. The number of sulfonamides is 1. The van der Waals surface area contributed by atoms with Gasteiger partial charge in [-0.25, -0.2) is 13.1 Å². The molecular formula is C20H24N2O3S. The zero-order chi connectivity index (χ0) is 18.7. The van der Waals surface area contributed by atoms with Crippen molar-refractivity contribution < 1.29 is 13.2 Å². The molecular weight excluding hydrogens is 348 g/mol. The van der Waals surface area contributed by atoms with Crippen molar-refractivity contribution >= 4 is 21.6 Å². The quantitative estimate of drug-likeness (QED) is 0.876. The number of hydrogen-bond donors (Lipinski definition) is 1. The Morgan fingerprint density at radius 1 is 1.15 bits per heavy atom. The molecule has 0 aliphatic carbocycles. The standard InChI is InChI=1S/C20H24N2O3S/c1-3-12-21-26(24,25)18-10-11-19-17(14-18)5-4-13-22(19)20(23)16-8-6-15(2)7-9-16/h6-11,14,21H,3-5,12-13H2,1-2H3. The zero-order valence-corrected chi connectivity index (χ0v) is 16.0. The van der Waals surface area contributed by atoms with Crippen molar-refractivity contribution in [3.05, 3.63) is 59.2 Å². The van der Waals surface area contributed by atoms with E-state index in [1.54, 1.807) is 23.1 Å². The first-order chi connectivity index (χ1) is 12.4. The molecule has 3 rings (SSSR count). The van der Waals surface area contributed by atoms with Gasteiger partial charge in [0.05, 0.1) is 4.90 Å². The van der Waals surface area contributed by atoms with E-state index in [9.17, 15) is 13.2 Å². The minimum absolute atomic E-state index is 0.0503. The van der Waals surface area contributed by atoms with Crippen LogP contribution in [-0.4, -0.2) is 27.4 Å². The first kappa shape index (κ1) is 18.6. The number of hydrogen-bond acceptors (Lipinski definition) is 3. The Labute approximate surface area is 155 Å². The number of anilines is 1. The summed E-state index contributed by atoms with van der Waals surface area (Å²) in [5, 5.41) is 0. The van der Waals surface area contributed by atoms with Crippen molar-refractivity contribution in [3.8, 4) is 0 Å². The molecule has 1 heterocycles. The molecule has 26 heavy (non-hydrogen) atoms. The second-order valence-corrected chi connectivity index (χ2v) is 8.38. The van der Waals surface area contributed by atoms with Gasteiger partial charge in [0.2, 0.25) is 10.0 Å². The third-order valence-electron chi connectivity index (χ3n) is 4.57. The summed E-state index contributed by atoms with van der Waals surface area (Å²) in [5.41, 5.74) is 3.45. The van der Waals surface area contributed by atoms with Crippen molar-refractivity contribution in [1.82, 2.24) is 4.72 Å². The van der Waals surface area contributed by atoms with E-state index in [0.717, 1.165) is 36.1 Å². The van der Waals surface area contributed by atoms with Crippen LogP contribution in [0, 0.1) is 6.92 Å². The molecule has 1 amide bonds. The van der Waals surface area contributed by atoms with Gasteiger partial charge in [-0.15, -0.1) is 0 Å². The number of fused-ring (bicyclic) bond motifs is 1. The summed E-state index contributed by atoms with van der Waals surface area (Å²) in [6.45, 7) is 4.96. The summed E-state index contributed by atoms with van der Waals surface area (Å²) < 4.78 is 27.3. The molecule has 0 unspecified atom stereocenters. The maximum absolute atomic E-state index is 12.9. The van der Waals surface area contributed by atoms with Crippen molar-refractivity contribution in [3.63, 3.8) is 0 Å². The second-order valence-electron chi connectivity index (χ2n) is 6.61. The SMILES string of the molecule is CCCNS(=O)(=O)c1ccc2c(c1)CCCN2C(=O)c1ccc(C)cc1. The van der Waals surface area contributed by atoms with Crippen LogP contribution >= 0.6 is 0 Å². The summed E-state index contributed by atoms with van der Waals surface area (Å²) in [7, 11) is -3.50. The van der Waals surface area contributed by atoms with Crippen LogP contribution in [0.3, 0.4) is 0 Å². The highest BCUT2D eigenvalue weighted by molar-refractivity contribution is 7.89. The molecule has 0 radical (unpaired) electrons. The normalized spacial score (nSPS) is 14.2. The van der Waals surface area contributed by atoms with Crippen LogP contribution in [0.5, 0.6) is 0 Å². The van der Waals surface area contributed by atoms with Gasteiger partial charge in [-0.1, -0.05) is 24.6 Å². The van der Waals surface area contributed by atoms with Crippen LogP contribution in [0.15, 0.2) is 47.4 Å². The second kappa shape index (κ2) is 7.60. The van der Waals surface area contributed by atoms with Gasteiger partial charge in [0, 0.05) is 24.3 Å². The van der Waals surface area contributed by atoms with Crippen molar-refractivity contribution in [2.75, 3.05) is 18.0 Å². The Balaban J connectivity index is 1.91. The Morgan fingerprint density at radius 3 is 2.58 bits per heavy atom. The molecule has 2 aromatic carbocycles. The fraction of sp³-hybridized carbons (Fsp3) is 0.350. The Kier molecular flexibility index (Phi) is 5.44. The van der Waals surface area contributed by atoms with Gasteiger partial charge >= 0.3 is 0 Å². The molecule has 138 valence electrons. The Morgan fingerprint density at radius 2 is 1.88 bits per heavy atom. The molecule has 2 aromatic rings. The van der Waals surface area contributed by atoms with Crippen LogP contribution < -0.4 is 9.62 Å². The van der Waals surface area contributed by atoms with E-state index in [-0.39, 0.29) is 10.8 Å². The van der Waals surface area contributed by atoms with E-state index in [4.69, 9.17) is 0 Å². The van der Waals surface area contributed by atoms with E-state index in [1.165, 1.54) is 0 Å². The molecule has 0 spiro atoms. The molecule has 1 N–H and O–H groups in total. The van der Waals surface area contributed by atoms with Gasteiger partial charge in [0.15, 0.2) is 0 Å². The number of amides is 1. The van der Waals surface area contributed by atoms with Gasteiger partial charge in [-0.3, -0.25) is 4.79 Å². The fourth-order valence-electron chi connectivity index (χ4n) is 3.12. The monoisotopic (exact) mass is 372 g/mol. The summed E-state index contributed by atoms with van der Waals surface area (Å²) in [6.07, 6.45) is 2.32. The van der Waals surface area contributed by atoms with E-state index in [2.05, 4.69) is 4.72 Å². The summed E-state index contributed by atoms with van der Waals surface area (Å²) >= 11 is 0. The lowest BCUT2D eigenvalue weighted by Crippen LogP contribution is -2.35. The van der Waals surface area contributed by atoms with Crippen LogP contribution in [0.4, 0.5) is 5.69 Å². The highest BCUT2D eigenvalue weighted by Gasteiger charge is 2.25. The van der Waals surface area contributed by atoms with Gasteiger partial charge in [0.25, 0.3) is 5.91 Å². The molecule has 5 nitrogen and oxygen atoms in total. The van der Waals surface area contributed by atoms with Gasteiger partial charge in [-0.05, 0) is 62.1 Å². The number of benzene rings is 2. The van der Waals surface area contributed by atoms with E-state index < -0.39 is 10.0 Å². The largest absolute Gasteiger partial charge is 0.308 e. The molecule has 6 heteroatoms. The lowest BCUT2D eigenvalue weighted by Gasteiger charge is -2.30. The van der Waals surface area contributed by atoms with Gasteiger partial charge < -0.3 is 4.90 Å². The number of nitrogens with zero attached hydrogens (tertiary/aromatic N) is 1. The van der Waals surface area contributed by atoms with Gasteiger partial charge in [-0.2, -0.15) is 0 Å². The topological polar surface area (TPSA) is 66.5 Å².